The molecule has 2 aromatic rings. The van der Waals surface area contributed by atoms with Crippen LogP contribution in [-0.2, 0) is 4.74 Å². The van der Waals surface area contributed by atoms with Gasteiger partial charge in [0, 0.05) is 24.4 Å². The number of methoxy groups -OCH3 is 1. The highest BCUT2D eigenvalue weighted by atomic mass is 19.2. The molecular formula is C23H22F4N2O. The second-order valence-electron chi connectivity index (χ2n) is 7.09. The Bertz CT molecular complexity index is 962. The molecule has 3 nitrogen and oxygen atoms in total. The number of benzene rings is 2. The molecule has 0 bridgehead atoms. The zero-order chi connectivity index (χ0) is 21.8. The Hall–Kier alpha value is -3.09. The largest absolute Gasteiger partial charge is 0.484 e. The van der Waals surface area contributed by atoms with Gasteiger partial charge in [0.1, 0.15) is 5.82 Å². The highest BCUT2D eigenvalue weighted by Gasteiger charge is 2.27. The molecular weight excluding hydrogens is 396 g/mol. The second-order valence-corrected chi connectivity index (χ2v) is 7.09. The summed E-state index contributed by atoms with van der Waals surface area (Å²) in [5.74, 6) is -4.01. The minimum atomic E-state index is -1.50. The molecule has 0 saturated carbocycles. The minimum absolute atomic E-state index is 0.104. The average Bonchev–Trinajstić information content (AvgIpc) is 2.75. The Morgan fingerprint density at radius 2 is 1.67 bits per heavy atom. The van der Waals surface area contributed by atoms with Crippen molar-refractivity contribution < 1.29 is 22.3 Å². The SMILES string of the molecule is C=C(/N=C(\OC)[C@H]1CCCN(C(=C)c2cc(F)c(F)c(F)c2)C1)c1ccc(F)cc1. The van der Waals surface area contributed by atoms with Crippen LogP contribution >= 0.6 is 0 Å². The number of hydrogen-bond acceptors (Lipinski definition) is 3. The van der Waals surface area contributed by atoms with Gasteiger partial charge in [0.05, 0.1) is 18.7 Å². The van der Waals surface area contributed by atoms with Gasteiger partial charge >= 0.3 is 0 Å². The normalized spacial score (nSPS) is 17.0. The molecule has 1 fully saturated rings. The number of rotatable bonds is 5. The van der Waals surface area contributed by atoms with Crippen molar-refractivity contribution >= 4 is 17.3 Å². The molecule has 1 aliphatic heterocycles. The van der Waals surface area contributed by atoms with Gasteiger partial charge in [-0.05, 0) is 54.8 Å². The Balaban J connectivity index is 1.77. The maximum Gasteiger partial charge on any atom is 0.194 e. The Morgan fingerprint density at radius 3 is 2.27 bits per heavy atom. The highest BCUT2D eigenvalue weighted by Crippen LogP contribution is 2.28. The van der Waals surface area contributed by atoms with Gasteiger partial charge in [-0.2, -0.15) is 0 Å². The molecule has 0 spiro atoms. The van der Waals surface area contributed by atoms with E-state index < -0.39 is 17.5 Å². The Kier molecular flexibility index (Phi) is 6.59. The van der Waals surface area contributed by atoms with E-state index in [9.17, 15) is 17.6 Å². The molecule has 1 heterocycles. The lowest BCUT2D eigenvalue weighted by Crippen LogP contribution is -2.38. The summed E-state index contributed by atoms with van der Waals surface area (Å²) in [4.78, 5) is 6.35. The first-order valence-electron chi connectivity index (χ1n) is 9.46. The van der Waals surface area contributed by atoms with Crippen LogP contribution in [0.2, 0.25) is 0 Å². The summed E-state index contributed by atoms with van der Waals surface area (Å²) in [6.45, 7) is 8.95. The highest BCUT2D eigenvalue weighted by molar-refractivity contribution is 5.85. The third-order valence-corrected chi connectivity index (χ3v) is 5.10. The van der Waals surface area contributed by atoms with E-state index in [1.165, 1.54) is 19.2 Å². The van der Waals surface area contributed by atoms with Crippen molar-refractivity contribution in [3.63, 3.8) is 0 Å². The van der Waals surface area contributed by atoms with E-state index in [1.54, 1.807) is 12.1 Å². The van der Waals surface area contributed by atoms with Crippen LogP contribution < -0.4 is 0 Å². The second kappa shape index (κ2) is 9.15. The molecule has 1 atom stereocenters. The Morgan fingerprint density at radius 1 is 1.03 bits per heavy atom. The van der Waals surface area contributed by atoms with E-state index >= 15 is 0 Å². The van der Waals surface area contributed by atoms with E-state index in [-0.39, 0.29) is 17.3 Å². The van der Waals surface area contributed by atoms with Crippen molar-refractivity contribution in [2.75, 3.05) is 20.2 Å². The van der Waals surface area contributed by atoms with Crippen LogP contribution in [0.4, 0.5) is 17.6 Å². The van der Waals surface area contributed by atoms with E-state index in [0.717, 1.165) is 25.0 Å². The van der Waals surface area contributed by atoms with E-state index in [2.05, 4.69) is 18.2 Å². The topological polar surface area (TPSA) is 24.8 Å². The predicted octanol–water partition coefficient (Wildman–Crippen LogP) is 5.64. The summed E-state index contributed by atoms with van der Waals surface area (Å²) in [7, 11) is 1.51. The maximum atomic E-state index is 13.6. The van der Waals surface area contributed by atoms with Crippen molar-refractivity contribution in [1.29, 1.82) is 0 Å². The standard InChI is InChI=1S/C23H22F4N2O/c1-14(16-6-8-19(24)9-7-16)28-23(30-3)17-5-4-10-29(13-17)15(2)18-11-20(25)22(27)21(26)12-18/h6-9,11-12,17H,1-2,4-5,10,13H2,3H3/b28-23-/t17-/m0/s1. The molecule has 7 heteroatoms. The van der Waals surface area contributed by atoms with Gasteiger partial charge in [-0.3, -0.25) is 0 Å². The molecule has 1 aliphatic rings. The van der Waals surface area contributed by atoms with Crippen LogP contribution in [0.15, 0.2) is 54.5 Å². The maximum absolute atomic E-state index is 13.6. The van der Waals surface area contributed by atoms with Crippen molar-refractivity contribution in [2.24, 2.45) is 10.9 Å². The lowest BCUT2D eigenvalue weighted by molar-refractivity contribution is 0.257. The number of nitrogens with zero attached hydrogens (tertiary/aromatic N) is 2. The average molecular weight is 418 g/mol. The van der Waals surface area contributed by atoms with Gasteiger partial charge in [-0.25, -0.2) is 22.6 Å². The van der Waals surface area contributed by atoms with Crippen molar-refractivity contribution in [1.82, 2.24) is 4.90 Å². The van der Waals surface area contributed by atoms with Crippen LogP contribution in [0.1, 0.15) is 24.0 Å². The first-order valence-corrected chi connectivity index (χ1v) is 9.46. The summed E-state index contributed by atoms with van der Waals surface area (Å²) in [5, 5.41) is 0. The molecule has 1 saturated heterocycles. The molecule has 3 rings (SSSR count). The minimum Gasteiger partial charge on any atom is -0.484 e. The fourth-order valence-corrected chi connectivity index (χ4v) is 3.47. The van der Waals surface area contributed by atoms with Crippen LogP contribution in [-0.4, -0.2) is 31.0 Å². The van der Waals surface area contributed by atoms with Gasteiger partial charge in [0.15, 0.2) is 23.3 Å². The van der Waals surface area contributed by atoms with Gasteiger partial charge < -0.3 is 9.64 Å². The van der Waals surface area contributed by atoms with Crippen LogP contribution in [0.3, 0.4) is 0 Å². The smallest absolute Gasteiger partial charge is 0.194 e. The third kappa shape index (κ3) is 4.72. The van der Waals surface area contributed by atoms with Gasteiger partial charge in [0.25, 0.3) is 0 Å². The molecule has 0 amide bonds. The summed E-state index contributed by atoms with van der Waals surface area (Å²) >= 11 is 0. The van der Waals surface area contributed by atoms with Gasteiger partial charge in [0.2, 0.25) is 0 Å². The van der Waals surface area contributed by atoms with E-state index in [1.807, 2.05) is 4.90 Å². The lowest BCUT2D eigenvalue weighted by Gasteiger charge is -2.35. The number of hydrogen-bond donors (Lipinski definition) is 0. The lowest BCUT2D eigenvalue weighted by atomic mass is 9.96. The predicted molar refractivity (Wildman–Crippen MR) is 110 cm³/mol. The third-order valence-electron chi connectivity index (χ3n) is 5.10. The molecule has 2 aromatic carbocycles. The quantitative estimate of drug-likeness (QED) is 0.272. The zero-order valence-electron chi connectivity index (χ0n) is 16.6. The van der Waals surface area contributed by atoms with Crippen LogP contribution in [0.25, 0.3) is 11.4 Å². The van der Waals surface area contributed by atoms with Crippen LogP contribution in [0.5, 0.6) is 0 Å². The molecule has 30 heavy (non-hydrogen) atoms. The molecule has 0 unspecified atom stereocenters. The zero-order valence-corrected chi connectivity index (χ0v) is 16.6. The summed E-state index contributed by atoms with van der Waals surface area (Å²) in [5.41, 5.74) is 1.68. The summed E-state index contributed by atoms with van der Waals surface area (Å²) in [6, 6.07) is 7.70. The van der Waals surface area contributed by atoms with E-state index in [0.29, 0.717) is 35.9 Å². The monoisotopic (exact) mass is 418 g/mol. The summed E-state index contributed by atoms with van der Waals surface area (Å²) in [6.07, 6.45) is 1.57. The number of ether oxygens (including phenoxy) is 1. The molecule has 0 aromatic heterocycles. The van der Waals surface area contributed by atoms with Crippen molar-refractivity contribution in [3.8, 4) is 0 Å². The number of aliphatic imine (C=N–C) groups is 1. The fourth-order valence-electron chi connectivity index (χ4n) is 3.47. The van der Waals surface area contributed by atoms with Gasteiger partial charge in [-0.1, -0.05) is 13.2 Å². The number of piperidine rings is 1. The number of likely N-dealkylation sites (tertiary alicyclic amines) is 1. The molecule has 0 N–H and O–H groups in total. The first kappa shape index (κ1) is 21.6. The molecule has 158 valence electrons. The number of halogens is 4. The van der Waals surface area contributed by atoms with Crippen LogP contribution in [0, 0.1) is 29.2 Å². The molecule has 0 aliphatic carbocycles. The van der Waals surface area contributed by atoms with Gasteiger partial charge in [-0.15, -0.1) is 0 Å². The first-order chi connectivity index (χ1) is 14.3. The Labute approximate surface area is 173 Å². The molecule has 0 radical (unpaired) electrons. The fraction of sp³-hybridized carbons (Fsp3) is 0.261. The van der Waals surface area contributed by atoms with E-state index in [4.69, 9.17) is 4.74 Å². The van der Waals surface area contributed by atoms with Crippen molar-refractivity contribution in [2.45, 2.75) is 12.8 Å². The summed E-state index contributed by atoms with van der Waals surface area (Å²) < 4.78 is 59.1. The van der Waals surface area contributed by atoms with Crippen molar-refractivity contribution in [3.05, 3.63) is 84.0 Å².